The predicted octanol–water partition coefficient (Wildman–Crippen LogP) is 22.2. The van der Waals surface area contributed by atoms with Crippen LogP contribution in [-0.2, 0) is 21.7 Å². The van der Waals surface area contributed by atoms with Gasteiger partial charge >= 0.3 is 0 Å². The van der Waals surface area contributed by atoms with Gasteiger partial charge in [0.1, 0.15) is 0 Å². The van der Waals surface area contributed by atoms with E-state index in [-0.39, 0.29) is 28.4 Å². The molecule has 0 saturated carbocycles. The SMILES string of the molecule is CC(C)(C)c1ccc(N2c3ccc(C(C)(C)C)cc3B3c4ccc(-c5ccc6c(c5)c5ccccc5n6-c5ccccc5)cc4N(c4ccc(-c5cc(C(C)(C)C)cc(C(C)(C)C)c5)cc4)c4cc(-c5ccc6c(c5)c5ccccc5n6-c5ccccc5)cc2c43)cc1. The normalized spacial score (nSPS) is 13.3. The van der Waals surface area contributed by atoms with Crippen LogP contribution in [0.15, 0.2) is 261 Å². The fourth-order valence-corrected chi connectivity index (χ4v) is 15.0. The van der Waals surface area contributed by atoms with Gasteiger partial charge in [0.25, 0.3) is 6.71 Å². The van der Waals surface area contributed by atoms with E-state index in [0.717, 1.165) is 33.9 Å². The van der Waals surface area contributed by atoms with E-state index in [2.05, 4.69) is 363 Å². The second-order valence-electron chi connectivity index (χ2n) is 30.3. The molecule has 93 heavy (non-hydrogen) atoms. The van der Waals surface area contributed by atoms with Crippen LogP contribution in [0.5, 0.6) is 0 Å². The van der Waals surface area contributed by atoms with Gasteiger partial charge in [0.2, 0.25) is 0 Å². The Labute approximate surface area is 549 Å². The minimum absolute atomic E-state index is 0.0118. The molecular weight excluding hydrogens is 1120 g/mol. The number of anilines is 6. The van der Waals surface area contributed by atoms with Gasteiger partial charge in [0.15, 0.2) is 0 Å². The quantitative estimate of drug-likeness (QED) is 0.148. The minimum Gasteiger partial charge on any atom is -0.311 e. The summed E-state index contributed by atoms with van der Waals surface area (Å²) in [4.78, 5) is 5.20. The van der Waals surface area contributed by atoms with Gasteiger partial charge in [-0.1, -0.05) is 235 Å². The van der Waals surface area contributed by atoms with Crippen molar-refractivity contribution in [2.24, 2.45) is 0 Å². The number of aromatic nitrogens is 2. The molecular formula is C88H79BN4. The van der Waals surface area contributed by atoms with Gasteiger partial charge in [-0.15, -0.1) is 0 Å². The third-order valence-corrected chi connectivity index (χ3v) is 20.1. The van der Waals surface area contributed by atoms with Crippen molar-refractivity contribution in [3.8, 4) is 44.8 Å². The lowest BCUT2D eigenvalue weighted by atomic mass is 9.33. The van der Waals surface area contributed by atoms with E-state index >= 15 is 0 Å². The maximum Gasteiger partial charge on any atom is 0.252 e. The smallest absolute Gasteiger partial charge is 0.252 e. The van der Waals surface area contributed by atoms with Gasteiger partial charge in [-0.2, -0.15) is 0 Å². The molecule has 0 N–H and O–H groups in total. The van der Waals surface area contributed by atoms with E-state index in [4.69, 9.17) is 0 Å². The van der Waals surface area contributed by atoms with E-state index < -0.39 is 0 Å². The zero-order chi connectivity index (χ0) is 64.0. The molecule has 0 unspecified atom stereocenters. The molecule has 454 valence electrons. The lowest BCUT2D eigenvalue weighted by Gasteiger charge is -2.45. The summed E-state index contributed by atoms with van der Waals surface area (Å²) in [5, 5.41) is 4.93. The van der Waals surface area contributed by atoms with Gasteiger partial charge in [0.05, 0.1) is 22.1 Å². The van der Waals surface area contributed by atoms with E-state index in [1.165, 1.54) is 127 Å². The van der Waals surface area contributed by atoms with E-state index in [0.29, 0.717) is 0 Å². The van der Waals surface area contributed by atoms with Crippen molar-refractivity contribution in [3.05, 3.63) is 283 Å². The van der Waals surface area contributed by atoms with Crippen molar-refractivity contribution >= 4 is 101 Å². The maximum atomic E-state index is 2.62. The molecule has 0 bridgehead atoms. The van der Waals surface area contributed by atoms with Crippen LogP contribution < -0.4 is 26.2 Å². The number of para-hydroxylation sites is 4. The molecule has 5 heteroatoms. The number of rotatable bonds is 7. The molecule has 0 amide bonds. The van der Waals surface area contributed by atoms with Gasteiger partial charge in [0, 0.05) is 67.0 Å². The lowest BCUT2D eigenvalue weighted by molar-refractivity contribution is 0.569. The van der Waals surface area contributed by atoms with Gasteiger partial charge in [-0.05, 0) is 203 Å². The fraction of sp³-hybridized carbons (Fsp3) is 0.182. The van der Waals surface area contributed by atoms with Crippen molar-refractivity contribution in [1.82, 2.24) is 9.13 Å². The highest BCUT2D eigenvalue weighted by atomic mass is 15.2. The lowest BCUT2D eigenvalue weighted by Crippen LogP contribution is -2.61. The molecule has 0 spiro atoms. The van der Waals surface area contributed by atoms with Crippen LogP contribution in [0.4, 0.5) is 34.1 Å². The molecule has 14 aromatic rings. The Hall–Kier alpha value is -10.1. The molecule has 12 aromatic carbocycles. The molecule has 16 rings (SSSR count). The van der Waals surface area contributed by atoms with Crippen molar-refractivity contribution in [2.45, 2.75) is 105 Å². The zero-order valence-electron chi connectivity index (χ0n) is 55.7. The maximum absolute atomic E-state index is 2.62. The number of hydrogen-bond donors (Lipinski definition) is 0. The topological polar surface area (TPSA) is 16.3 Å². The highest BCUT2D eigenvalue weighted by Gasteiger charge is 2.44. The van der Waals surface area contributed by atoms with Crippen LogP contribution in [0.2, 0.25) is 0 Å². The Balaban J connectivity index is 0.977. The van der Waals surface area contributed by atoms with Crippen molar-refractivity contribution in [2.75, 3.05) is 9.80 Å². The Morgan fingerprint density at radius 2 is 0.634 bits per heavy atom. The number of benzene rings is 12. The summed E-state index contributed by atoms with van der Waals surface area (Å²) in [5.41, 5.74) is 30.2. The van der Waals surface area contributed by atoms with Crippen molar-refractivity contribution in [1.29, 1.82) is 0 Å². The molecule has 0 saturated heterocycles. The van der Waals surface area contributed by atoms with Crippen LogP contribution in [0, 0.1) is 0 Å². The first kappa shape index (κ1) is 58.0. The summed E-state index contributed by atoms with van der Waals surface area (Å²) in [5.74, 6) is 0. The second kappa shape index (κ2) is 21.2. The van der Waals surface area contributed by atoms with Gasteiger partial charge in [-0.25, -0.2) is 0 Å². The zero-order valence-corrected chi connectivity index (χ0v) is 55.7. The summed E-state index contributed by atoms with van der Waals surface area (Å²) in [7, 11) is 0. The van der Waals surface area contributed by atoms with E-state index in [1.54, 1.807) is 0 Å². The molecule has 0 atom stereocenters. The first-order valence-electron chi connectivity index (χ1n) is 33.3. The Morgan fingerprint density at radius 3 is 1.15 bits per heavy atom. The van der Waals surface area contributed by atoms with Gasteiger partial charge in [-0.3, -0.25) is 0 Å². The third kappa shape index (κ3) is 9.72. The van der Waals surface area contributed by atoms with Crippen LogP contribution >= 0.6 is 0 Å². The molecule has 0 aliphatic carbocycles. The Kier molecular flexibility index (Phi) is 13.2. The monoisotopic (exact) mass is 1200 g/mol. The van der Waals surface area contributed by atoms with Crippen LogP contribution in [0.3, 0.4) is 0 Å². The molecule has 2 aromatic heterocycles. The summed E-state index contributed by atoms with van der Waals surface area (Å²) in [6.07, 6.45) is 0. The molecule has 0 fully saturated rings. The molecule has 0 radical (unpaired) electrons. The number of hydrogen-bond acceptors (Lipinski definition) is 2. The van der Waals surface area contributed by atoms with Crippen LogP contribution in [0.25, 0.3) is 88.4 Å². The summed E-state index contributed by atoms with van der Waals surface area (Å²) in [6.45, 7) is 27.9. The average molecular weight is 1200 g/mol. The molecule has 2 aliphatic rings. The standard InChI is InChI=1S/C88H79BN4/c1-85(2,3)62-36-41-69(42-37-62)92-80-46-38-63(86(4,5)6)55-75(80)89-74-43-33-59(57-34-44-78-72(49-57)70-27-19-21-29-76(70)90(78)66-23-15-13-16-24-66)51-81(74)93(68-39-31-56(32-40-68)60-47-64(87(7,8)9)54-65(48-60)88(10,11)12)83-53-61(52-82(92)84(83)89)58-35-45-79-73(50-58)71-28-20-22-30-77(71)91(79)67-25-17-14-18-26-67/h13-55H,1-12H3. The van der Waals surface area contributed by atoms with Crippen molar-refractivity contribution in [3.63, 3.8) is 0 Å². The largest absolute Gasteiger partial charge is 0.311 e. The minimum atomic E-state index is -0.0976. The Bertz CT molecular complexity index is 5260. The summed E-state index contributed by atoms with van der Waals surface area (Å²) in [6, 6.07) is 99.6. The van der Waals surface area contributed by atoms with Crippen LogP contribution in [-0.4, -0.2) is 15.8 Å². The fourth-order valence-electron chi connectivity index (χ4n) is 15.0. The highest BCUT2D eigenvalue weighted by Crippen LogP contribution is 2.49. The van der Waals surface area contributed by atoms with E-state index in [9.17, 15) is 0 Å². The second-order valence-corrected chi connectivity index (χ2v) is 30.3. The van der Waals surface area contributed by atoms with Crippen molar-refractivity contribution < 1.29 is 0 Å². The predicted molar refractivity (Wildman–Crippen MR) is 400 cm³/mol. The highest BCUT2D eigenvalue weighted by molar-refractivity contribution is 7.00. The molecule has 4 nitrogen and oxygen atoms in total. The molecule has 4 heterocycles. The number of fused-ring (bicyclic) bond motifs is 10. The Morgan fingerprint density at radius 1 is 0.237 bits per heavy atom. The molecule has 2 aliphatic heterocycles. The van der Waals surface area contributed by atoms with Gasteiger partial charge < -0.3 is 18.9 Å². The average Bonchev–Trinajstić information content (AvgIpc) is 1.42. The number of nitrogens with zero attached hydrogens (tertiary/aromatic N) is 4. The summed E-state index contributed by atoms with van der Waals surface area (Å²) < 4.78 is 4.83. The summed E-state index contributed by atoms with van der Waals surface area (Å²) >= 11 is 0. The van der Waals surface area contributed by atoms with Crippen LogP contribution in [0.1, 0.15) is 105 Å². The first-order valence-corrected chi connectivity index (χ1v) is 33.3. The van der Waals surface area contributed by atoms with E-state index in [1.807, 2.05) is 0 Å². The third-order valence-electron chi connectivity index (χ3n) is 20.1. The first-order chi connectivity index (χ1) is 44.6.